The Morgan fingerprint density at radius 1 is 1.11 bits per heavy atom. The molecule has 1 heterocycles. The molecule has 0 amide bonds. The van der Waals surface area contributed by atoms with E-state index in [-0.39, 0.29) is 0 Å². The van der Waals surface area contributed by atoms with E-state index in [1.54, 1.807) is 6.20 Å². The zero-order chi connectivity index (χ0) is 13.5. The minimum absolute atomic E-state index is 0.418. The van der Waals surface area contributed by atoms with Gasteiger partial charge in [-0.1, -0.05) is 18.2 Å². The van der Waals surface area contributed by atoms with Crippen molar-refractivity contribution >= 4 is 5.69 Å². The molecule has 0 aliphatic heterocycles. The highest BCUT2D eigenvalue weighted by Crippen LogP contribution is 2.12. The third-order valence-corrected chi connectivity index (χ3v) is 2.72. The predicted molar refractivity (Wildman–Crippen MR) is 72.0 cm³/mol. The molecule has 2 rings (SSSR count). The molecule has 1 N–H and O–H groups in total. The predicted octanol–water partition coefficient (Wildman–Crippen LogP) is 2.63. The van der Waals surface area contributed by atoms with Crippen molar-refractivity contribution in [3.63, 3.8) is 0 Å². The molecule has 0 fully saturated rings. The Hall–Kier alpha value is -2.85. The molecular weight excluding hydrogens is 236 g/mol. The molecule has 2 aromatic rings. The fraction of sp³-hybridized carbons (Fsp3) is 0.133. The Balaban J connectivity index is 2.03. The number of benzene rings is 1. The van der Waals surface area contributed by atoms with Crippen molar-refractivity contribution in [1.82, 2.24) is 4.98 Å². The number of nitriles is 2. The first-order chi connectivity index (χ1) is 9.33. The van der Waals surface area contributed by atoms with Gasteiger partial charge in [-0.25, -0.2) is 4.98 Å². The number of rotatable bonds is 4. The molecule has 4 nitrogen and oxygen atoms in total. The van der Waals surface area contributed by atoms with Crippen LogP contribution in [0.15, 0.2) is 42.6 Å². The summed E-state index contributed by atoms with van der Waals surface area (Å²) in [5.41, 5.74) is 3.25. The first kappa shape index (κ1) is 12.6. The van der Waals surface area contributed by atoms with Gasteiger partial charge in [0.1, 0.15) is 11.8 Å². The minimum Gasteiger partial charge on any atom is -0.381 e. The highest BCUT2D eigenvalue weighted by Gasteiger charge is 2.01. The van der Waals surface area contributed by atoms with Crippen LogP contribution >= 0.6 is 0 Å². The molecule has 1 aromatic heterocycles. The SMILES string of the molecule is N#CCc1ccc(NCc2cccnc2C#N)cc1. The van der Waals surface area contributed by atoms with E-state index in [1.165, 1.54) is 0 Å². The van der Waals surface area contributed by atoms with Gasteiger partial charge in [-0.15, -0.1) is 0 Å². The maximum atomic E-state index is 8.94. The lowest BCUT2D eigenvalue weighted by Gasteiger charge is -2.07. The lowest BCUT2D eigenvalue weighted by Crippen LogP contribution is -2.02. The highest BCUT2D eigenvalue weighted by atomic mass is 14.9. The molecule has 0 bridgehead atoms. The molecule has 0 unspecified atom stereocenters. The van der Waals surface area contributed by atoms with Crippen LogP contribution in [0.1, 0.15) is 16.8 Å². The van der Waals surface area contributed by atoms with Gasteiger partial charge >= 0.3 is 0 Å². The summed E-state index contributed by atoms with van der Waals surface area (Å²) in [5.74, 6) is 0. The summed E-state index contributed by atoms with van der Waals surface area (Å²) in [5, 5.41) is 20.8. The Bertz CT molecular complexity index is 632. The Morgan fingerprint density at radius 3 is 2.58 bits per heavy atom. The monoisotopic (exact) mass is 248 g/mol. The molecule has 4 heteroatoms. The highest BCUT2D eigenvalue weighted by molar-refractivity contribution is 5.46. The number of hydrogen-bond donors (Lipinski definition) is 1. The van der Waals surface area contributed by atoms with Crippen LogP contribution in [0.4, 0.5) is 5.69 Å². The van der Waals surface area contributed by atoms with Gasteiger partial charge in [-0.3, -0.25) is 0 Å². The van der Waals surface area contributed by atoms with E-state index in [2.05, 4.69) is 22.4 Å². The van der Waals surface area contributed by atoms with Crippen LogP contribution in [-0.4, -0.2) is 4.98 Å². The summed E-state index contributed by atoms with van der Waals surface area (Å²) < 4.78 is 0. The molecule has 1 aromatic carbocycles. The quantitative estimate of drug-likeness (QED) is 0.902. The first-order valence-corrected chi connectivity index (χ1v) is 5.87. The molecule has 0 aliphatic carbocycles. The number of pyridine rings is 1. The number of nitrogens with zero attached hydrogens (tertiary/aromatic N) is 3. The number of anilines is 1. The van der Waals surface area contributed by atoms with E-state index in [1.807, 2.05) is 36.4 Å². The van der Waals surface area contributed by atoms with E-state index in [0.29, 0.717) is 18.7 Å². The number of nitrogens with one attached hydrogen (secondary N) is 1. The van der Waals surface area contributed by atoms with Gasteiger partial charge in [0.15, 0.2) is 0 Å². The third kappa shape index (κ3) is 3.31. The van der Waals surface area contributed by atoms with Crippen LogP contribution in [0.2, 0.25) is 0 Å². The van der Waals surface area contributed by atoms with Crippen molar-refractivity contribution in [3.8, 4) is 12.1 Å². The summed E-state index contributed by atoms with van der Waals surface area (Å²) in [6, 6.07) is 15.6. The van der Waals surface area contributed by atoms with E-state index < -0.39 is 0 Å². The molecular formula is C15H12N4. The molecule has 0 aliphatic rings. The summed E-state index contributed by atoms with van der Waals surface area (Å²) >= 11 is 0. The zero-order valence-electron chi connectivity index (χ0n) is 10.3. The Morgan fingerprint density at radius 2 is 1.89 bits per heavy atom. The van der Waals surface area contributed by atoms with Crippen LogP contribution in [-0.2, 0) is 13.0 Å². The lowest BCUT2D eigenvalue weighted by atomic mass is 10.1. The molecule has 19 heavy (non-hydrogen) atoms. The molecule has 0 saturated carbocycles. The van der Waals surface area contributed by atoms with Crippen molar-refractivity contribution in [3.05, 3.63) is 59.4 Å². The average Bonchev–Trinajstić information content (AvgIpc) is 2.47. The van der Waals surface area contributed by atoms with E-state index in [9.17, 15) is 0 Å². The number of aromatic nitrogens is 1. The summed E-state index contributed by atoms with van der Waals surface area (Å²) in [4.78, 5) is 4.01. The van der Waals surface area contributed by atoms with Crippen LogP contribution in [0, 0.1) is 22.7 Å². The van der Waals surface area contributed by atoms with E-state index in [4.69, 9.17) is 10.5 Å². The molecule has 0 radical (unpaired) electrons. The molecule has 0 spiro atoms. The molecule has 0 atom stereocenters. The summed E-state index contributed by atoms with van der Waals surface area (Å²) in [6.45, 7) is 0.550. The van der Waals surface area contributed by atoms with Crippen LogP contribution in [0.25, 0.3) is 0 Å². The molecule has 92 valence electrons. The maximum Gasteiger partial charge on any atom is 0.145 e. The zero-order valence-corrected chi connectivity index (χ0v) is 10.3. The van der Waals surface area contributed by atoms with Gasteiger partial charge in [0.05, 0.1) is 12.5 Å². The first-order valence-electron chi connectivity index (χ1n) is 5.87. The van der Waals surface area contributed by atoms with Crippen molar-refractivity contribution in [1.29, 1.82) is 10.5 Å². The van der Waals surface area contributed by atoms with Crippen molar-refractivity contribution in [2.45, 2.75) is 13.0 Å². The van der Waals surface area contributed by atoms with Gasteiger partial charge in [-0.2, -0.15) is 10.5 Å². The Kier molecular flexibility index (Phi) is 4.10. The normalized spacial score (nSPS) is 9.37. The van der Waals surface area contributed by atoms with E-state index >= 15 is 0 Å². The standard InChI is InChI=1S/C15H12N4/c16-8-7-12-3-5-14(6-4-12)19-11-13-2-1-9-18-15(13)10-17/h1-6,9,19H,7,11H2. The summed E-state index contributed by atoms with van der Waals surface area (Å²) in [6.07, 6.45) is 2.03. The van der Waals surface area contributed by atoms with Gasteiger partial charge in [0.2, 0.25) is 0 Å². The van der Waals surface area contributed by atoms with Crippen LogP contribution in [0.5, 0.6) is 0 Å². The second-order valence-electron chi connectivity index (χ2n) is 4.01. The van der Waals surface area contributed by atoms with Gasteiger partial charge in [0.25, 0.3) is 0 Å². The van der Waals surface area contributed by atoms with Crippen molar-refractivity contribution < 1.29 is 0 Å². The van der Waals surface area contributed by atoms with Crippen molar-refractivity contribution in [2.24, 2.45) is 0 Å². The minimum atomic E-state index is 0.418. The topological polar surface area (TPSA) is 72.5 Å². The second kappa shape index (κ2) is 6.18. The average molecular weight is 248 g/mol. The smallest absolute Gasteiger partial charge is 0.145 e. The largest absolute Gasteiger partial charge is 0.381 e. The van der Waals surface area contributed by atoms with Crippen molar-refractivity contribution in [2.75, 3.05) is 5.32 Å². The fourth-order valence-corrected chi connectivity index (χ4v) is 1.71. The molecule has 0 saturated heterocycles. The lowest BCUT2D eigenvalue weighted by molar-refractivity contribution is 1.09. The Labute approximate surface area is 112 Å². The van der Waals surface area contributed by atoms with E-state index in [0.717, 1.165) is 16.8 Å². The van der Waals surface area contributed by atoms with Crippen LogP contribution in [0.3, 0.4) is 0 Å². The van der Waals surface area contributed by atoms with Gasteiger partial charge in [0, 0.05) is 24.0 Å². The number of hydrogen-bond acceptors (Lipinski definition) is 4. The van der Waals surface area contributed by atoms with Gasteiger partial charge in [-0.05, 0) is 23.8 Å². The summed E-state index contributed by atoms with van der Waals surface area (Å²) in [7, 11) is 0. The van der Waals surface area contributed by atoms with Crippen LogP contribution < -0.4 is 5.32 Å². The second-order valence-corrected chi connectivity index (χ2v) is 4.01. The fourth-order valence-electron chi connectivity index (χ4n) is 1.71. The maximum absolute atomic E-state index is 8.94. The third-order valence-electron chi connectivity index (χ3n) is 2.72. The van der Waals surface area contributed by atoms with Gasteiger partial charge < -0.3 is 5.32 Å².